The van der Waals surface area contributed by atoms with E-state index in [9.17, 15) is 4.79 Å². The molecule has 0 aromatic rings. The van der Waals surface area contributed by atoms with Crippen molar-refractivity contribution in [3.63, 3.8) is 0 Å². The lowest BCUT2D eigenvalue weighted by Crippen LogP contribution is -2.46. The maximum absolute atomic E-state index is 11.2. The number of nitrogens with one attached hydrogen (secondary N) is 1. The van der Waals surface area contributed by atoms with Crippen molar-refractivity contribution in [2.24, 2.45) is 17.2 Å². The molecule has 0 aromatic carbocycles. The summed E-state index contributed by atoms with van der Waals surface area (Å²) in [5.74, 6) is 5.56. The minimum atomic E-state index is -0.955. The Morgan fingerprint density at radius 2 is 2.16 bits per heavy atom. The van der Waals surface area contributed by atoms with E-state index >= 15 is 0 Å². The van der Waals surface area contributed by atoms with E-state index in [0.29, 0.717) is 24.6 Å². The molecule has 1 rings (SSSR count). The molecule has 19 heavy (non-hydrogen) atoms. The number of carboxylic acids is 1. The maximum Gasteiger partial charge on any atom is 0.322 e. The molecule has 0 amide bonds. The molecule has 0 heterocycles. The van der Waals surface area contributed by atoms with Gasteiger partial charge in [0, 0.05) is 11.8 Å². The molecule has 0 spiro atoms. The van der Waals surface area contributed by atoms with Gasteiger partial charge in [-0.25, -0.2) is 5.43 Å². The summed E-state index contributed by atoms with van der Waals surface area (Å²) in [7, 11) is 0. The molecule has 3 atom stereocenters. The van der Waals surface area contributed by atoms with E-state index < -0.39 is 12.0 Å². The molecular weight excluding hydrogens is 287 g/mol. The van der Waals surface area contributed by atoms with Gasteiger partial charge in [0.15, 0.2) is 0 Å². The molecule has 0 saturated heterocycles. The van der Waals surface area contributed by atoms with Crippen molar-refractivity contribution in [3.8, 4) is 0 Å². The number of carbonyl (C=O) groups is 1. The van der Waals surface area contributed by atoms with Gasteiger partial charge in [0.25, 0.3) is 0 Å². The van der Waals surface area contributed by atoms with Crippen molar-refractivity contribution in [3.05, 3.63) is 24.3 Å². The zero-order valence-corrected chi connectivity index (χ0v) is 12.2. The van der Waals surface area contributed by atoms with Gasteiger partial charge in [0.05, 0.1) is 0 Å². The first-order chi connectivity index (χ1) is 9.09. The number of aliphatic carboxylic acids is 1. The maximum atomic E-state index is 11.2. The van der Waals surface area contributed by atoms with Crippen LogP contribution in [0.1, 0.15) is 19.3 Å². The van der Waals surface area contributed by atoms with Crippen LogP contribution in [0.15, 0.2) is 24.3 Å². The fourth-order valence-corrected chi connectivity index (χ4v) is 3.21. The summed E-state index contributed by atoms with van der Waals surface area (Å²) in [6, 6.07) is -0.794. The minimum absolute atomic E-state index is 0.184. The summed E-state index contributed by atoms with van der Waals surface area (Å²) in [5, 5.41) is 9.16. The van der Waals surface area contributed by atoms with Gasteiger partial charge in [0.2, 0.25) is 0 Å². The van der Waals surface area contributed by atoms with Gasteiger partial charge >= 0.3 is 5.97 Å². The summed E-state index contributed by atoms with van der Waals surface area (Å²) < 4.78 is 0. The van der Waals surface area contributed by atoms with Crippen LogP contribution in [0, 0.1) is 11.3 Å². The Morgan fingerprint density at radius 3 is 2.68 bits per heavy atom. The monoisotopic (exact) mass is 306 g/mol. The number of hydrazine groups is 1. The molecule has 0 bridgehead atoms. The Morgan fingerprint density at radius 1 is 1.42 bits per heavy atom. The van der Waals surface area contributed by atoms with Crippen LogP contribution in [-0.4, -0.2) is 28.9 Å². The number of nitrogens with two attached hydrogens (primary N) is 1. The second-order valence-electron chi connectivity index (χ2n) is 4.76. The molecule has 1 aliphatic rings. The number of allylic oxidation sites excluding steroid dienone is 4. The topological polar surface area (TPSA) is 75.3 Å². The Hall–Kier alpha value is -0.550. The predicted molar refractivity (Wildman–Crippen MR) is 78.2 cm³/mol. The molecule has 0 radical (unpaired) electrons. The number of hydrogen-bond acceptors (Lipinski definition) is 3. The molecule has 108 valence electrons. The normalized spacial score (nSPS) is 27.4. The summed E-state index contributed by atoms with van der Waals surface area (Å²) >= 11 is 11.8. The van der Waals surface area contributed by atoms with Crippen molar-refractivity contribution < 1.29 is 9.90 Å². The molecule has 4 N–H and O–H groups in total. The third-order valence-electron chi connectivity index (χ3n) is 3.68. The van der Waals surface area contributed by atoms with Gasteiger partial charge in [-0.1, -0.05) is 24.3 Å². The van der Waals surface area contributed by atoms with E-state index in [-0.39, 0.29) is 11.3 Å². The Balaban J connectivity index is 2.96. The molecule has 0 aliphatic heterocycles. The fourth-order valence-electron chi connectivity index (χ4n) is 2.63. The number of rotatable bonds is 8. The number of halogens is 2. The third kappa shape index (κ3) is 4.21. The molecule has 0 aromatic heterocycles. The summed E-state index contributed by atoms with van der Waals surface area (Å²) in [4.78, 5) is 11.2. The average Bonchev–Trinajstić information content (AvgIpc) is 2.39. The molecular formula is C13H20Cl2N2O2. The average molecular weight is 307 g/mol. The first-order valence-electron chi connectivity index (χ1n) is 6.26. The molecule has 4 nitrogen and oxygen atoms in total. The lowest BCUT2D eigenvalue weighted by atomic mass is 9.66. The van der Waals surface area contributed by atoms with E-state index in [1.807, 2.05) is 18.2 Å². The number of carboxylic acid groups (broad SMARTS) is 1. The highest BCUT2D eigenvalue weighted by atomic mass is 35.5. The Bertz CT molecular complexity index is 361. The van der Waals surface area contributed by atoms with Gasteiger partial charge < -0.3 is 5.11 Å². The van der Waals surface area contributed by atoms with Gasteiger partial charge in [-0.15, -0.1) is 23.2 Å². The van der Waals surface area contributed by atoms with E-state index in [0.717, 1.165) is 6.42 Å². The fraction of sp³-hybridized carbons (Fsp3) is 0.615. The highest BCUT2D eigenvalue weighted by Gasteiger charge is 2.39. The van der Waals surface area contributed by atoms with Crippen molar-refractivity contribution in [1.29, 1.82) is 0 Å². The Kier molecular flexibility index (Phi) is 6.86. The molecule has 2 unspecified atom stereocenters. The number of alkyl halides is 2. The summed E-state index contributed by atoms with van der Waals surface area (Å²) in [5.41, 5.74) is 2.06. The van der Waals surface area contributed by atoms with Crippen LogP contribution in [0.5, 0.6) is 0 Å². The standard InChI is InChI=1S/C13H20Cl2N2O2/c14-7-4-10-3-1-2-5-13(10,6-8-15)9-11(17-16)12(18)19/h1-3,5,10-11,17H,4,6-9,16H2,(H,18,19)/t10?,11-,13?/m0/s1. The van der Waals surface area contributed by atoms with Gasteiger partial charge in [-0.3, -0.25) is 10.6 Å². The van der Waals surface area contributed by atoms with Gasteiger partial charge in [-0.05, 0) is 30.6 Å². The van der Waals surface area contributed by atoms with Crippen LogP contribution in [0.4, 0.5) is 0 Å². The van der Waals surface area contributed by atoms with Gasteiger partial charge in [0.1, 0.15) is 6.04 Å². The quantitative estimate of drug-likeness (QED) is 0.365. The SMILES string of the molecule is NN[C@@H](CC1(CCCl)C=CC=CC1CCCl)C(=O)O. The van der Waals surface area contributed by atoms with Crippen LogP contribution in [-0.2, 0) is 4.79 Å². The summed E-state index contributed by atoms with van der Waals surface area (Å²) in [6.45, 7) is 0. The first kappa shape index (κ1) is 16.5. The highest BCUT2D eigenvalue weighted by Crippen LogP contribution is 2.43. The number of hydrogen-bond donors (Lipinski definition) is 3. The lowest BCUT2D eigenvalue weighted by Gasteiger charge is -2.40. The van der Waals surface area contributed by atoms with E-state index in [2.05, 4.69) is 11.5 Å². The van der Waals surface area contributed by atoms with Crippen LogP contribution in [0.3, 0.4) is 0 Å². The predicted octanol–water partition coefficient (Wildman–Crippen LogP) is 2.28. The van der Waals surface area contributed by atoms with Crippen molar-refractivity contribution in [2.45, 2.75) is 25.3 Å². The van der Waals surface area contributed by atoms with Crippen molar-refractivity contribution in [1.82, 2.24) is 5.43 Å². The first-order valence-corrected chi connectivity index (χ1v) is 7.33. The van der Waals surface area contributed by atoms with Gasteiger partial charge in [-0.2, -0.15) is 0 Å². The second kappa shape index (κ2) is 7.90. The molecule has 0 saturated carbocycles. The van der Waals surface area contributed by atoms with E-state index in [1.165, 1.54) is 0 Å². The molecule has 6 heteroatoms. The highest BCUT2D eigenvalue weighted by molar-refractivity contribution is 6.18. The van der Waals surface area contributed by atoms with E-state index in [1.54, 1.807) is 0 Å². The van der Waals surface area contributed by atoms with Crippen molar-refractivity contribution in [2.75, 3.05) is 11.8 Å². The molecule has 1 aliphatic carbocycles. The zero-order valence-electron chi connectivity index (χ0n) is 10.7. The van der Waals surface area contributed by atoms with E-state index in [4.69, 9.17) is 34.2 Å². The minimum Gasteiger partial charge on any atom is -0.480 e. The molecule has 0 fully saturated rings. The smallest absolute Gasteiger partial charge is 0.322 e. The second-order valence-corrected chi connectivity index (χ2v) is 5.52. The van der Waals surface area contributed by atoms with Crippen LogP contribution >= 0.6 is 23.2 Å². The van der Waals surface area contributed by atoms with Crippen LogP contribution < -0.4 is 11.3 Å². The largest absolute Gasteiger partial charge is 0.480 e. The zero-order chi connectivity index (χ0) is 14.3. The third-order valence-corrected chi connectivity index (χ3v) is 4.09. The van der Waals surface area contributed by atoms with Crippen LogP contribution in [0.25, 0.3) is 0 Å². The van der Waals surface area contributed by atoms with Crippen molar-refractivity contribution >= 4 is 29.2 Å². The van der Waals surface area contributed by atoms with Crippen LogP contribution in [0.2, 0.25) is 0 Å². The summed E-state index contributed by atoms with van der Waals surface area (Å²) in [6.07, 6.45) is 9.90. The Labute approximate surface area is 123 Å². The lowest BCUT2D eigenvalue weighted by molar-refractivity contribution is -0.140.